The lowest BCUT2D eigenvalue weighted by Crippen LogP contribution is -2.66. The van der Waals surface area contributed by atoms with Gasteiger partial charge in [-0.1, -0.05) is 0 Å². The maximum atomic E-state index is 12.4. The summed E-state index contributed by atoms with van der Waals surface area (Å²) < 4.78 is 5.59. The molecule has 1 atom stereocenters. The van der Waals surface area contributed by atoms with E-state index in [1.165, 1.54) is 4.90 Å². The number of hydrogen-bond acceptors (Lipinski definition) is 7. The van der Waals surface area contributed by atoms with Crippen molar-refractivity contribution in [2.24, 2.45) is 0 Å². The van der Waals surface area contributed by atoms with Gasteiger partial charge in [0.05, 0.1) is 12.6 Å². The average Bonchev–Trinajstić information content (AvgIpc) is 2.51. The van der Waals surface area contributed by atoms with Crippen LogP contribution in [0.2, 0.25) is 0 Å². The lowest BCUT2D eigenvalue weighted by Gasteiger charge is -2.45. The highest BCUT2D eigenvalue weighted by Crippen LogP contribution is 2.24. The van der Waals surface area contributed by atoms with Crippen LogP contribution in [0.3, 0.4) is 0 Å². The summed E-state index contributed by atoms with van der Waals surface area (Å²) >= 11 is 0. The van der Waals surface area contributed by atoms with Gasteiger partial charge >= 0.3 is 0 Å². The molecular formula is C15H22N6O3. The highest BCUT2D eigenvalue weighted by molar-refractivity contribution is 5.95. The van der Waals surface area contributed by atoms with Gasteiger partial charge in [-0.25, -0.2) is 0 Å². The number of aromatic nitrogens is 2. The topological polar surface area (TPSA) is 105 Å². The summed E-state index contributed by atoms with van der Waals surface area (Å²) in [5.41, 5.74) is 5.78. The molecule has 0 spiro atoms. The Hall–Kier alpha value is -2.58. The number of likely N-dealkylation sites (N-methyl/N-ethyl adjacent to an activating group) is 1. The molecule has 2 amide bonds. The molecular weight excluding hydrogens is 312 g/mol. The summed E-state index contributed by atoms with van der Waals surface area (Å²) in [7, 11) is 1.65. The first-order valence-electron chi connectivity index (χ1n) is 7.95. The molecule has 1 aromatic heterocycles. The Morgan fingerprint density at radius 1 is 1.29 bits per heavy atom. The van der Waals surface area contributed by atoms with Gasteiger partial charge in [0.1, 0.15) is 11.9 Å². The van der Waals surface area contributed by atoms with Crippen LogP contribution in [-0.4, -0.2) is 77.0 Å². The van der Waals surface area contributed by atoms with Gasteiger partial charge in [-0.15, -0.1) is 0 Å². The average molecular weight is 334 g/mol. The van der Waals surface area contributed by atoms with Gasteiger partial charge in [-0.3, -0.25) is 9.59 Å². The van der Waals surface area contributed by atoms with Gasteiger partial charge in [0.25, 0.3) is 0 Å². The zero-order chi connectivity index (χ0) is 17.4. The number of anilines is 2. The number of ether oxygens (including phenoxy) is 1. The highest BCUT2D eigenvalue weighted by atomic mass is 16.5. The molecule has 2 fully saturated rings. The first-order valence-corrected chi connectivity index (χ1v) is 7.95. The predicted molar refractivity (Wildman–Crippen MR) is 87.6 cm³/mol. The standard InChI is InChI=1S/C15H22N6O3/c1-9(2)24-12-6-11(17-15(16)18-12)20-4-5-21-10(7-20)14(23)19(3)8-13(21)22/h6,9-10H,4-5,7-8H2,1-3H3,(H2,16,17,18). The van der Waals surface area contributed by atoms with E-state index < -0.39 is 6.04 Å². The number of hydrogen-bond donors (Lipinski definition) is 1. The van der Waals surface area contributed by atoms with Crippen molar-refractivity contribution in [2.45, 2.75) is 26.0 Å². The third kappa shape index (κ3) is 3.06. The third-order valence-corrected chi connectivity index (χ3v) is 4.12. The molecule has 9 nitrogen and oxygen atoms in total. The number of nitrogens with two attached hydrogens (primary N) is 1. The van der Waals surface area contributed by atoms with E-state index in [1.54, 1.807) is 18.0 Å². The number of nitrogens with zero attached hydrogens (tertiary/aromatic N) is 5. The number of piperazine rings is 2. The molecule has 0 aromatic carbocycles. The number of fused-ring (bicyclic) bond motifs is 1. The Morgan fingerprint density at radius 2 is 2.04 bits per heavy atom. The zero-order valence-corrected chi connectivity index (χ0v) is 14.1. The van der Waals surface area contributed by atoms with Crippen molar-refractivity contribution < 1.29 is 14.3 Å². The van der Waals surface area contributed by atoms with E-state index >= 15 is 0 Å². The lowest BCUT2D eigenvalue weighted by atomic mass is 10.1. The fourth-order valence-electron chi connectivity index (χ4n) is 3.02. The molecule has 2 aliphatic heterocycles. The van der Waals surface area contributed by atoms with Crippen molar-refractivity contribution in [3.8, 4) is 5.88 Å². The Morgan fingerprint density at radius 3 is 2.75 bits per heavy atom. The molecule has 0 radical (unpaired) electrons. The van der Waals surface area contributed by atoms with Crippen molar-refractivity contribution in [1.29, 1.82) is 0 Å². The molecule has 3 rings (SSSR count). The van der Waals surface area contributed by atoms with E-state index in [4.69, 9.17) is 10.5 Å². The molecule has 2 aliphatic rings. The molecule has 0 aliphatic carbocycles. The molecule has 3 heterocycles. The van der Waals surface area contributed by atoms with Gasteiger partial charge in [0, 0.05) is 32.7 Å². The first-order chi connectivity index (χ1) is 11.3. The monoisotopic (exact) mass is 334 g/mol. The molecule has 0 bridgehead atoms. The molecule has 2 N–H and O–H groups in total. The van der Waals surface area contributed by atoms with Crippen molar-refractivity contribution in [3.05, 3.63) is 6.07 Å². The summed E-state index contributed by atoms with van der Waals surface area (Å²) in [4.78, 5) is 37.9. The molecule has 24 heavy (non-hydrogen) atoms. The van der Waals surface area contributed by atoms with E-state index in [-0.39, 0.29) is 30.4 Å². The van der Waals surface area contributed by atoms with Crippen molar-refractivity contribution >= 4 is 23.6 Å². The maximum absolute atomic E-state index is 12.4. The predicted octanol–water partition coefficient (Wildman–Crippen LogP) is -0.665. The molecule has 130 valence electrons. The van der Waals surface area contributed by atoms with E-state index in [2.05, 4.69) is 9.97 Å². The minimum absolute atomic E-state index is 0.0206. The number of amides is 2. The SMILES string of the molecule is CC(C)Oc1cc(N2CCN3C(=O)CN(C)C(=O)C3C2)nc(N)n1. The Labute approximate surface area is 140 Å². The fraction of sp³-hybridized carbons (Fsp3) is 0.600. The third-order valence-electron chi connectivity index (χ3n) is 4.12. The van der Waals surface area contributed by atoms with Gasteiger partial charge in [0.15, 0.2) is 0 Å². The van der Waals surface area contributed by atoms with Crippen LogP contribution in [0, 0.1) is 0 Å². The Kier molecular flexibility index (Phi) is 4.16. The molecule has 1 unspecified atom stereocenters. The van der Waals surface area contributed by atoms with Gasteiger partial charge in [0.2, 0.25) is 23.6 Å². The summed E-state index contributed by atoms with van der Waals surface area (Å²) in [6.07, 6.45) is -0.0322. The second kappa shape index (κ2) is 6.14. The minimum atomic E-state index is -0.490. The lowest BCUT2D eigenvalue weighted by molar-refractivity contribution is -0.154. The quantitative estimate of drug-likeness (QED) is 0.782. The summed E-state index contributed by atoms with van der Waals surface area (Å²) in [5, 5.41) is 0. The van der Waals surface area contributed by atoms with E-state index in [0.717, 1.165) is 0 Å². The van der Waals surface area contributed by atoms with Crippen molar-refractivity contribution in [2.75, 3.05) is 43.9 Å². The van der Waals surface area contributed by atoms with E-state index in [0.29, 0.717) is 31.3 Å². The first kappa shape index (κ1) is 16.3. The van der Waals surface area contributed by atoms with E-state index in [1.807, 2.05) is 18.7 Å². The molecule has 2 saturated heterocycles. The van der Waals surface area contributed by atoms with Crippen LogP contribution in [0.1, 0.15) is 13.8 Å². The maximum Gasteiger partial charge on any atom is 0.247 e. The van der Waals surface area contributed by atoms with Gasteiger partial charge < -0.3 is 25.2 Å². The van der Waals surface area contributed by atoms with Gasteiger partial charge in [-0.2, -0.15) is 9.97 Å². The Balaban J connectivity index is 1.83. The Bertz CT molecular complexity index is 665. The number of carbonyl (C=O) groups is 2. The largest absolute Gasteiger partial charge is 0.475 e. The van der Waals surface area contributed by atoms with Gasteiger partial charge in [-0.05, 0) is 13.8 Å². The van der Waals surface area contributed by atoms with Crippen LogP contribution in [0.15, 0.2) is 6.07 Å². The smallest absolute Gasteiger partial charge is 0.247 e. The number of nitrogen functional groups attached to an aromatic ring is 1. The van der Waals surface area contributed by atoms with Crippen LogP contribution in [0.4, 0.5) is 11.8 Å². The van der Waals surface area contributed by atoms with Crippen molar-refractivity contribution in [1.82, 2.24) is 19.8 Å². The zero-order valence-electron chi connectivity index (χ0n) is 14.1. The van der Waals surface area contributed by atoms with Crippen LogP contribution in [0.25, 0.3) is 0 Å². The highest BCUT2D eigenvalue weighted by Gasteiger charge is 2.41. The fourth-order valence-corrected chi connectivity index (χ4v) is 3.02. The number of carbonyl (C=O) groups excluding carboxylic acids is 2. The van der Waals surface area contributed by atoms with Crippen LogP contribution in [0.5, 0.6) is 5.88 Å². The van der Waals surface area contributed by atoms with Crippen LogP contribution >= 0.6 is 0 Å². The van der Waals surface area contributed by atoms with E-state index in [9.17, 15) is 9.59 Å². The summed E-state index contributed by atoms with van der Waals surface area (Å²) in [6.45, 7) is 5.39. The normalized spacial score (nSPS) is 21.3. The number of rotatable bonds is 3. The van der Waals surface area contributed by atoms with Crippen LogP contribution < -0.4 is 15.4 Å². The minimum Gasteiger partial charge on any atom is -0.475 e. The van der Waals surface area contributed by atoms with Crippen molar-refractivity contribution in [3.63, 3.8) is 0 Å². The molecule has 1 aromatic rings. The molecule has 9 heteroatoms. The van der Waals surface area contributed by atoms with Crippen LogP contribution in [-0.2, 0) is 9.59 Å². The molecule has 0 saturated carbocycles. The summed E-state index contributed by atoms with van der Waals surface area (Å²) in [5.74, 6) is 1.05. The second-order valence-corrected chi connectivity index (χ2v) is 6.33. The second-order valence-electron chi connectivity index (χ2n) is 6.33. The summed E-state index contributed by atoms with van der Waals surface area (Å²) in [6, 6.07) is 1.22.